The number of hydrogen-bond acceptors (Lipinski definition) is 6. The summed E-state index contributed by atoms with van der Waals surface area (Å²) in [6.07, 6.45) is 7.84. The van der Waals surface area contributed by atoms with Crippen LogP contribution in [-0.2, 0) is 27.0 Å². The van der Waals surface area contributed by atoms with E-state index >= 15 is 0 Å². The van der Waals surface area contributed by atoms with Crippen LogP contribution in [0.1, 0.15) is 62.1 Å². The molecule has 230 valence electrons. The molecule has 2 aliphatic carbocycles. The van der Waals surface area contributed by atoms with Crippen molar-refractivity contribution >= 4 is 29.2 Å². The lowest BCUT2D eigenvalue weighted by atomic mass is 9.68. The molecule has 3 N–H and O–H groups in total. The number of carboxylic acid groups (broad SMARTS) is 1. The zero-order valence-electron chi connectivity index (χ0n) is 24.8. The van der Waals surface area contributed by atoms with Crippen LogP contribution in [0.25, 0.3) is 0 Å². The largest absolute Gasteiger partial charge is 0.490 e. The second kappa shape index (κ2) is 11.5. The summed E-state index contributed by atoms with van der Waals surface area (Å²) in [5.74, 6) is -1.01. The van der Waals surface area contributed by atoms with E-state index in [0.717, 1.165) is 32.1 Å². The minimum atomic E-state index is -2.41. The molecular weight excluding hydrogens is 568 g/mol. The second-order valence-electron chi connectivity index (χ2n) is 13.1. The minimum absolute atomic E-state index is 0.0963. The molecule has 1 spiro atoms. The summed E-state index contributed by atoms with van der Waals surface area (Å²) >= 11 is 6.39. The number of fused-ring (bicyclic) bond motifs is 4. The highest BCUT2D eigenvalue weighted by Gasteiger charge is 2.46. The fourth-order valence-electron chi connectivity index (χ4n) is 7.53. The quantitative estimate of drug-likeness (QED) is 0.404. The van der Waals surface area contributed by atoms with Gasteiger partial charge < -0.3 is 29.9 Å². The average Bonchev–Trinajstić information content (AvgIpc) is 3.11. The van der Waals surface area contributed by atoms with Gasteiger partial charge in [0.05, 0.1) is 24.8 Å². The lowest BCUT2D eigenvalue weighted by molar-refractivity contribution is -0.165. The Kier molecular flexibility index (Phi) is 7.98. The molecule has 6 atom stereocenters. The Balaban J connectivity index is 1.46. The number of carbonyl (C=O) groups excluding carboxylic acids is 1. The Morgan fingerprint density at radius 3 is 2.72 bits per heavy atom. The van der Waals surface area contributed by atoms with E-state index in [1.165, 1.54) is 16.0 Å². The van der Waals surface area contributed by atoms with E-state index in [9.17, 15) is 24.9 Å². The summed E-state index contributed by atoms with van der Waals surface area (Å²) < 4.78 is 6.54. The van der Waals surface area contributed by atoms with Gasteiger partial charge in [-0.2, -0.15) is 0 Å². The van der Waals surface area contributed by atoms with E-state index in [-0.39, 0.29) is 28.9 Å². The van der Waals surface area contributed by atoms with Gasteiger partial charge in [-0.05, 0) is 98.2 Å². The second-order valence-corrected chi connectivity index (χ2v) is 13.6. The summed E-state index contributed by atoms with van der Waals surface area (Å²) in [6, 6.07) is 10.9. The van der Waals surface area contributed by atoms with Crippen LogP contribution in [0.4, 0.5) is 5.69 Å². The van der Waals surface area contributed by atoms with E-state index in [0.29, 0.717) is 42.6 Å². The van der Waals surface area contributed by atoms with Crippen molar-refractivity contribution in [2.45, 2.75) is 75.0 Å². The van der Waals surface area contributed by atoms with E-state index in [1.807, 2.05) is 25.1 Å². The Labute approximate surface area is 257 Å². The first-order valence-corrected chi connectivity index (χ1v) is 15.8. The van der Waals surface area contributed by atoms with Crippen LogP contribution in [0.2, 0.25) is 5.02 Å². The number of ether oxygens (including phenoxy) is 1. The number of carboxylic acids is 1. The Hall–Kier alpha value is -3.07. The Bertz CT molecular complexity index is 1450. The van der Waals surface area contributed by atoms with Crippen molar-refractivity contribution in [1.29, 1.82) is 0 Å². The number of aryl methyl sites for hydroxylation is 1. The van der Waals surface area contributed by atoms with Crippen LogP contribution in [0.15, 0.2) is 48.6 Å². The van der Waals surface area contributed by atoms with Crippen LogP contribution in [0, 0.1) is 11.8 Å². The van der Waals surface area contributed by atoms with E-state index in [2.05, 4.69) is 17.0 Å². The molecule has 6 rings (SSSR count). The van der Waals surface area contributed by atoms with E-state index < -0.39 is 30.0 Å². The monoisotopic (exact) mass is 608 g/mol. The van der Waals surface area contributed by atoms with Gasteiger partial charge >= 0.3 is 5.97 Å². The third-order valence-corrected chi connectivity index (χ3v) is 10.7. The van der Waals surface area contributed by atoms with Gasteiger partial charge in [-0.15, -0.1) is 0 Å². The van der Waals surface area contributed by atoms with Gasteiger partial charge in [0.1, 0.15) is 5.75 Å². The van der Waals surface area contributed by atoms with Gasteiger partial charge in [-0.25, -0.2) is 4.79 Å². The summed E-state index contributed by atoms with van der Waals surface area (Å²) in [5.41, 5.74) is 0.571. The molecule has 0 aromatic heterocycles. The molecule has 2 bridgehead atoms. The van der Waals surface area contributed by atoms with Crippen molar-refractivity contribution in [3.63, 3.8) is 0 Å². The third kappa shape index (κ3) is 5.42. The normalized spacial score (nSPS) is 33.5. The number of aliphatic hydroxyl groups excluding tert-OH is 1. The van der Waals surface area contributed by atoms with Crippen LogP contribution in [0.5, 0.6) is 5.75 Å². The first-order valence-electron chi connectivity index (χ1n) is 15.4. The van der Waals surface area contributed by atoms with Crippen molar-refractivity contribution < 1.29 is 29.6 Å². The lowest BCUT2D eigenvalue weighted by Gasteiger charge is -2.45. The van der Waals surface area contributed by atoms with Crippen LogP contribution in [0.3, 0.4) is 0 Å². The number of aliphatic hydroxyl groups is 2. The molecule has 9 heteroatoms. The van der Waals surface area contributed by atoms with Crippen molar-refractivity contribution in [3.8, 4) is 5.75 Å². The maximum Gasteiger partial charge on any atom is 0.340 e. The van der Waals surface area contributed by atoms with Crippen LogP contribution >= 0.6 is 11.6 Å². The van der Waals surface area contributed by atoms with E-state index in [1.54, 1.807) is 25.2 Å². The SMILES string of the molecule is C[C@@H]1C/C=C/[C@H](O)[C@@H]2CC[C@H]2CN2C[C@@]3(CCCc4cc(Cl)ccc43)COc3ccc(cc32)[C@](O)(C(=O)O)CC(=O)N1C. The lowest BCUT2D eigenvalue weighted by Crippen LogP contribution is -2.49. The number of rotatable bonds is 1. The van der Waals surface area contributed by atoms with Gasteiger partial charge in [0, 0.05) is 36.6 Å². The summed E-state index contributed by atoms with van der Waals surface area (Å²) in [5, 5.41) is 33.7. The highest BCUT2D eigenvalue weighted by atomic mass is 35.5. The molecule has 2 aromatic rings. The smallest absolute Gasteiger partial charge is 0.340 e. The molecule has 1 fully saturated rings. The fourth-order valence-corrected chi connectivity index (χ4v) is 7.73. The predicted octanol–water partition coefficient (Wildman–Crippen LogP) is 4.67. The van der Waals surface area contributed by atoms with Crippen molar-refractivity contribution in [2.75, 3.05) is 31.6 Å². The zero-order valence-corrected chi connectivity index (χ0v) is 25.6. The third-order valence-electron chi connectivity index (χ3n) is 10.5. The topological polar surface area (TPSA) is 111 Å². The van der Waals surface area contributed by atoms with Gasteiger partial charge in [0.15, 0.2) is 5.60 Å². The number of anilines is 1. The van der Waals surface area contributed by atoms with Crippen molar-refractivity contribution in [3.05, 3.63) is 70.3 Å². The number of carbonyl (C=O) groups is 2. The highest BCUT2D eigenvalue weighted by molar-refractivity contribution is 6.30. The van der Waals surface area contributed by atoms with Gasteiger partial charge in [0.25, 0.3) is 0 Å². The molecule has 2 aliphatic heterocycles. The molecule has 1 amide bonds. The first kappa shape index (κ1) is 30.0. The first-order chi connectivity index (χ1) is 20.5. The zero-order chi connectivity index (χ0) is 30.5. The molecule has 43 heavy (non-hydrogen) atoms. The van der Waals surface area contributed by atoms with Gasteiger partial charge in [0.2, 0.25) is 5.91 Å². The number of halogens is 1. The number of aliphatic carboxylic acids is 1. The minimum Gasteiger partial charge on any atom is -0.490 e. The molecular formula is C34H41ClN2O6. The average molecular weight is 609 g/mol. The van der Waals surface area contributed by atoms with Crippen molar-refractivity contribution in [2.24, 2.45) is 11.8 Å². The van der Waals surface area contributed by atoms with Crippen molar-refractivity contribution in [1.82, 2.24) is 4.90 Å². The molecule has 2 heterocycles. The maximum absolute atomic E-state index is 13.3. The summed E-state index contributed by atoms with van der Waals surface area (Å²) in [7, 11) is 1.62. The number of hydrogen-bond donors (Lipinski definition) is 3. The van der Waals surface area contributed by atoms with Crippen LogP contribution < -0.4 is 9.64 Å². The van der Waals surface area contributed by atoms with Gasteiger partial charge in [-0.3, -0.25) is 4.79 Å². The summed E-state index contributed by atoms with van der Waals surface area (Å²) in [4.78, 5) is 29.6. The van der Waals surface area contributed by atoms with Gasteiger partial charge in [-0.1, -0.05) is 35.9 Å². The molecule has 0 radical (unpaired) electrons. The molecule has 0 unspecified atom stereocenters. The maximum atomic E-state index is 13.3. The number of nitrogens with zero attached hydrogens (tertiary/aromatic N) is 2. The molecule has 1 saturated carbocycles. The summed E-state index contributed by atoms with van der Waals surface area (Å²) in [6.45, 7) is 3.62. The highest BCUT2D eigenvalue weighted by Crippen LogP contribution is 2.47. The van der Waals surface area contributed by atoms with E-state index in [4.69, 9.17) is 16.3 Å². The molecule has 0 saturated heterocycles. The molecule has 4 aliphatic rings. The molecule has 2 aromatic carbocycles. The van der Waals surface area contributed by atoms with Crippen LogP contribution in [-0.4, -0.2) is 71.0 Å². The Morgan fingerprint density at radius 2 is 1.98 bits per heavy atom. The predicted molar refractivity (Wildman–Crippen MR) is 165 cm³/mol. The number of benzene rings is 2. The standard InChI is InChI=1S/C34H41ClN2O6/c1-21-5-3-7-29(38)26-11-8-23(26)18-37-19-33(14-4-6-22-15-25(35)10-12-27(22)33)20-43-30-13-9-24(16-28(30)37)34(42,32(40)41)17-31(39)36(21)2/h3,7,9-10,12-13,15-16,21,23,26,29,38,42H,4-6,8,11,14,17-20H2,1-2H3,(H,40,41)/b7-3+/t21-,23+,26-,29+,33+,34+/m1/s1. The molecule has 8 nitrogen and oxygen atoms in total. The number of amides is 1. The fraction of sp³-hybridized carbons (Fsp3) is 0.529. The Morgan fingerprint density at radius 1 is 1.16 bits per heavy atom.